The summed E-state index contributed by atoms with van der Waals surface area (Å²) >= 11 is 6.23. The number of carbonyl (C=O) groups is 1. The lowest BCUT2D eigenvalue weighted by molar-refractivity contribution is -0.117. The first-order valence-corrected chi connectivity index (χ1v) is 10.9. The molecule has 0 bridgehead atoms. The number of nitrogens with one attached hydrogen (secondary N) is 1. The van der Waals surface area contributed by atoms with Crippen LogP contribution in [-0.4, -0.2) is 35.6 Å². The second kappa shape index (κ2) is 6.39. The maximum absolute atomic E-state index is 12.7. The van der Waals surface area contributed by atoms with E-state index in [1.165, 1.54) is 0 Å². The number of hydrogen-bond acceptors (Lipinski definition) is 4. The zero-order chi connectivity index (χ0) is 18.5. The molecule has 4 rings (SSSR count). The Morgan fingerprint density at radius 3 is 2.81 bits per heavy atom. The van der Waals surface area contributed by atoms with Gasteiger partial charge in [-0.2, -0.15) is 5.10 Å². The van der Waals surface area contributed by atoms with E-state index in [4.69, 9.17) is 11.6 Å². The summed E-state index contributed by atoms with van der Waals surface area (Å²) in [7, 11) is -3.02. The quantitative estimate of drug-likeness (QED) is 0.865. The molecule has 1 aromatic carbocycles. The lowest BCUT2D eigenvalue weighted by Crippen LogP contribution is -2.21. The van der Waals surface area contributed by atoms with E-state index < -0.39 is 9.84 Å². The van der Waals surface area contributed by atoms with Crippen molar-refractivity contribution in [3.63, 3.8) is 0 Å². The van der Waals surface area contributed by atoms with Crippen LogP contribution in [-0.2, 0) is 14.6 Å². The Balaban J connectivity index is 1.49. The van der Waals surface area contributed by atoms with Crippen LogP contribution in [0.25, 0.3) is 0 Å². The van der Waals surface area contributed by atoms with Gasteiger partial charge in [-0.1, -0.05) is 29.8 Å². The van der Waals surface area contributed by atoms with E-state index in [9.17, 15) is 13.2 Å². The molecule has 138 valence electrons. The van der Waals surface area contributed by atoms with Crippen molar-refractivity contribution in [2.75, 3.05) is 16.8 Å². The third-order valence-electron chi connectivity index (χ3n) is 5.10. The average molecular weight is 394 g/mol. The molecule has 3 unspecified atom stereocenters. The molecule has 1 amide bonds. The predicted octanol–water partition coefficient (Wildman–Crippen LogP) is 2.95. The van der Waals surface area contributed by atoms with E-state index in [1.807, 2.05) is 31.2 Å². The van der Waals surface area contributed by atoms with Gasteiger partial charge in [-0.05, 0) is 37.3 Å². The number of aryl methyl sites for hydroxylation is 1. The summed E-state index contributed by atoms with van der Waals surface area (Å²) in [6, 6.07) is 9.16. The Hall–Kier alpha value is -1.86. The number of nitrogens with zero attached hydrogens (tertiary/aromatic N) is 2. The zero-order valence-corrected chi connectivity index (χ0v) is 15.9. The minimum absolute atomic E-state index is 0.0721. The van der Waals surface area contributed by atoms with Gasteiger partial charge >= 0.3 is 0 Å². The molecule has 0 radical (unpaired) electrons. The Kier molecular flexibility index (Phi) is 4.31. The number of sulfone groups is 1. The van der Waals surface area contributed by atoms with Gasteiger partial charge in [0.05, 0.1) is 23.2 Å². The third kappa shape index (κ3) is 3.38. The molecule has 26 heavy (non-hydrogen) atoms. The number of hydrogen-bond donors (Lipinski definition) is 1. The molecule has 1 N–H and O–H groups in total. The van der Waals surface area contributed by atoms with Gasteiger partial charge in [0.15, 0.2) is 9.84 Å². The molecule has 1 saturated carbocycles. The SMILES string of the molecule is Cc1cc(NC(=O)C2CC2c2ccccc2Cl)n(C2CCS(=O)(=O)C2)n1. The average Bonchev–Trinajstić information content (AvgIpc) is 3.17. The van der Waals surface area contributed by atoms with Crippen LogP contribution >= 0.6 is 11.6 Å². The Morgan fingerprint density at radius 1 is 1.35 bits per heavy atom. The zero-order valence-electron chi connectivity index (χ0n) is 14.4. The van der Waals surface area contributed by atoms with Gasteiger partial charge in [0, 0.05) is 17.0 Å². The fourth-order valence-electron chi connectivity index (χ4n) is 3.68. The van der Waals surface area contributed by atoms with Crippen LogP contribution < -0.4 is 5.32 Å². The van der Waals surface area contributed by atoms with Crippen molar-refractivity contribution in [1.29, 1.82) is 0 Å². The molecule has 2 aromatic rings. The van der Waals surface area contributed by atoms with Crippen molar-refractivity contribution in [2.45, 2.75) is 31.7 Å². The molecule has 3 atom stereocenters. The summed E-state index contributed by atoms with van der Waals surface area (Å²) in [5, 5.41) is 8.02. The number of aromatic nitrogens is 2. The molecule has 1 aliphatic heterocycles. The molecule has 2 aliphatic rings. The Bertz CT molecular complexity index is 970. The van der Waals surface area contributed by atoms with E-state index in [2.05, 4.69) is 10.4 Å². The minimum Gasteiger partial charge on any atom is -0.311 e. The molecule has 1 aromatic heterocycles. The molecule has 0 spiro atoms. The molecule has 8 heteroatoms. The van der Waals surface area contributed by atoms with Gasteiger partial charge in [-0.15, -0.1) is 0 Å². The van der Waals surface area contributed by atoms with Gasteiger partial charge < -0.3 is 5.32 Å². The van der Waals surface area contributed by atoms with Crippen LogP contribution in [0.2, 0.25) is 5.02 Å². The van der Waals surface area contributed by atoms with Gasteiger partial charge in [-0.3, -0.25) is 4.79 Å². The summed E-state index contributed by atoms with van der Waals surface area (Å²) in [5.74, 6) is 0.749. The fraction of sp³-hybridized carbons (Fsp3) is 0.444. The van der Waals surface area contributed by atoms with Crippen molar-refractivity contribution in [1.82, 2.24) is 9.78 Å². The summed E-state index contributed by atoms with van der Waals surface area (Å²) in [5.41, 5.74) is 1.75. The number of halogens is 1. The second-order valence-corrected chi connectivity index (χ2v) is 9.77. The van der Waals surface area contributed by atoms with Crippen molar-refractivity contribution in [3.8, 4) is 0 Å². The van der Waals surface area contributed by atoms with Crippen LogP contribution in [0.5, 0.6) is 0 Å². The van der Waals surface area contributed by atoms with Gasteiger partial charge in [0.25, 0.3) is 0 Å². The number of amides is 1. The number of benzene rings is 1. The molecular weight excluding hydrogens is 374 g/mol. The maximum atomic E-state index is 12.7. The maximum Gasteiger partial charge on any atom is 0.229 e. The Labute approximate surface area is 157 Å². The largest absolute Gasteiger partial charge is 0.311 e. The topological polar surface area (TPSA) is 81.1 Å². The van der Waals surface area contributed by atoms with Gasteiger partial charge in [0.2, 0.25) is 5.91 Å². The second-order valence-electron chi connectivity index (χ2n) is 7.13. The van der Waals surface area contributed by atoms with Crippen molar-refractivity contribution in [3.05, 3.63) is 46.6 Å². The summed E-state index contributed by atoms with van der Waals surface area (Å²) < 4.78 is 25.2. The van der Waals surface area contributed by atoms with E-state index >= 15 is 0 Å². The minimum atomic E-state index is -3.02. The molecule has 2 heterocycles. The third-order valence-corrected chi connectivity index (χ3v) is 7.19. The summed E-state index contributed by atoms with van der Waals surface area (Å²) in [6.45, 7) is 1.83. The number of anilines is 1. The fourth-order valence-corrected chi connectivity index (χ4v) is 5.65. The molecular formula is C18H20ClN3O3S. The van der Waals surface area contributed by atoms with E-state index in [-0.39, 0.29) is 35.3 Å². The first-order chi connectivity index (χ1) is 12.3. The lowest BCUT2D eigenvalue weighted by Gasteiger charge is -2.14. The molecule has 1 saturated heterocycles. The van der Waals surface area contributed by atoms with Crippen LogP contribution in [0.1, 0.15) is 36.1 Å². The summed E-state index contributed by atoms with van der Waals surface area (Å²) in [4.78, 5) is 12.7. The lowest BCUT2D eigenvalue weighted by atomic mass is 10.1. The smallest absolute Gasteiger partial charge is 0.229 e. The first-order valence-electron chi connectivity index (χ1n) is 8.66. The molecule has 1 aliphatic carbocycles. The van der Waals surface area contributed by atoms with Gasteiger partial charge in [0.1, 0.15) is 5.82 Å². The van der Waals surface area contributed by atoms with Crippen LogP contribution in [0.3, 0.4) is 0 Å². The molecule has 2 fully saturated rings. The predicted molar refractivity (Wildman–Crippen MR) is 100 cm³/mol. The number of carbonyl (C=O) groups excluding carboxylic acids is 1. The van der Waals surface area contributed by atoms with Crippen molar-refractivity contribution >= 4 is 33.2 Å². The highest BCUT2D eigenvalue weighted by Gasteiger charge is 2.45. The highest BCUT2D eigenvalue weighted by atomic mass is 35.5. The first kappa shape index (κ1) is 17.5. The van der Waals surface area contributed by atoms with Crippen LogP contribution in [0, 0.1) is 12.8 Å². The highest BCUT2D eigenvalue weighted by molar-refractivity contribution is 7.91. The van der Waals surface area contributed by atoms with Crippen molar-refractivity contribution in [2.24, 2.45) is 5.92 Å². The number of rotatable bonds is 4. The molecule has 6 nitrogen and oxygen atoms in total. The van der Waals surface area contributed by atoms with Crippen LogP contribution in [0.4, 0.5) is 5.82 Å². The monoisotopic (exact) mass is 393 g/mol. The standard InChI is InChI=1S/C18H20ClN3O3S/c1-11-8-17(22(21-11)12-6-7-26(24,25)10-12)20-18(23)15-9-14(15)13-4-2-3-5-16(13)19/h2-5,8,12,14-15H,6-7,9-10H2,1H3,(H,20,23). The van der Waals surface area contributed by atoms with Crippen molar-refractivity contribution < 1.29 is 13.2 Å². The summed E-state index contributed by atoms with van der Waals surface area (Å²) in [6.07, 6.45) is 1.29. The van der Waals surface area contributed by atoms with Crippen LogP contribution in [0.15, 0.2) is 30.3 Å². The Morgan fingerprint density at radius 2 is 2.12 bits per heavy atom. The highest BCUT2D eigenvalue weighted by Crippen LogP contribution is 2.50. The van der Waals surface area contributed by atoms with E-state index in [0.29, 0.717) is 17.3 Å². The van der Waals surface area contributed by atoms with E-state index in [0.717, 1.165) is 17.7 Å². The van der Waals surface area contributed by atoms with Gasteiger partial charge in [-0.25, -0.2) is 13.1 Å². The normalized spacial score (nSPS) is 26.6. The van der Waals surface area contributed by atoms with E-state index in [1.54, 1.807) is 10.7 Å².